The van der Waals surface area contributed by atoms with E-state index in [1.165, 1.54) is 5.56 Å². The van der Waals surface area contributed by atoms with Crippen LogP contribution < -0.4 is 5.32 Å². The number of likely N-dealkylation sites (tertiary alicyclic amines) is 1. The highest BCUT2D eigenvalue weighted by atomic mass is 79.9. The largest absolute Gasteiger partial charge is 0.386 e. The standard InChI is InChI=1S/C28H39BrF2N4.CH3F/c1-19-7-5-6-8-25(19)27(34-21(3)26(29)18-32-4)17-20(2)33-23-13-15-35(16-14-23)24-11-9-22(10-12-24)28(30)31;1-2/h5-8,17-18,22-24,28,33H,9-16H2,1-4H3;1H3/b20-17+,26-21-,32-18?,34-27+;. The van der Waals surface area contributed by atoms with Gasteiger partial charge in [0, 0.05) is 55.6 Å². The number of alkyl halides is 3. The van der Waals surface area contributed by atoms with Crippen LogP contribution in [0, 0.1) is 12.8 Å². The fourth-order valence-corrected chi connectivity index (χ4v) is 5.46. The Morgan fingerprint density at radius 3 is 2.24 bits per heavy atom. The molecule has 0 radical (unpaired) electrons. The second-order valence-corrected chi connectivity index (χ2v) is 10.7. The van der Waals surface area contributed by atoms with Crippen LogP contribution in [0.3, 0.4) is 0 Å². The van der Waals surface area contributed by atoms with Gasteiger partial charge in [-0.2, -0.15) is 0 Å². The summed E-state index contributed by atoms with van der Waals surface area (Å²) in [7, 11) is 2.24. The van der Waals surface area contributed by atoms with Crippen molar-refractivity contribution in [3.63, 3.8) is 0 Å². The zero-order valence-corrected chi connectivity index (χ0v) is 24.4. The van der Waals surface area contributed by atoms with Gasteiger partial charge < -0.3 is 10.2 Å². The maximum absolute atomic E-state index is 13.0. The Bertz CT molecular complexity index is 958. The van der Waals surface area contributed by atoms with E-state index in [0.29, 0.717) is 32.1 Å². The van der Waals surface area contributed by atoms with Crippen molar-refractivity contribution in [2.75, 3.05) is 27.3 Å². The van der Waals surface area contributed by atoms with Crippen LogP contribution in [0.2, 0.25) is 0 Å². The van der Waals surface area contributed by atoms with E-state index in [-0.39, 0.29) is 0 Å². The average molecular weight is 584 g/mol. The smallest absolute Gasteiger partial charge is 0.241 e. The van der Waals surface area contributed by atoms with Crippen LogP contribution in [0.1, 0.15) is 63.5 Å². The number of allylic oxidation sites excluding steroid dienone is 4. The van der Waals surface area contributed by atoms with Crippen molar-refractivity contribution in [2.45, 2.75) is 77.8 Å². The van der Waals surface area contributed by atoms with Crippen LogP contribution in [0.4, 0.5) is 13.2 Å². The van der Waals surface area contributed by atoms with Crippen molar-refractivity contribution < 1.29 is 13.2 Å². The van der Waals surface area contributed by atoms with Crippen molar-refractivity contribution in [1.29, 1.82) is 0 Å². The molecule has 0 unspecified atom stereocenters. The molecule has 37 heavy (non-hydrogen) atoms. The highest BCUT2D eigenvalue weighted by Gasteiger charge is 2.32. The summed E-state index contributed by atoms with van der Waals surface area (Å²) < 4.78 is 36.3. The lowest BCUT2D eigenvalue weighted by atomic mass is 9.84. The Balaban J connectivity index is 0.00000235. The molecule has 1 aliphatic heterocycles. The van der Waals surface area contributed by atoms with Crippen LogP contribution in [-0.2, 0) is 0 Å². The summed E-state index contributed by atoms with van der Waals surface area (Å²) in [6.07, 6.45) is 7.01. The lowest BCUT2D eigenvalue weighted by Gasteiger charge is -2.41. The van der Waals surface area contributed by atoms with Crippen LogP contribution >= 0.6 is 15.9 Å². The summed E-state index contributed by atoms with van der Waals surface area (Å²) in [5, 5.41) is 3.71. The van der Waals surface area contributed by atoms with Gasteiger partial charge in [-0.15, -0.1) is 0 Å². The van der Waals surface area contributed by atoms with Gasteiger partial charge in [0.2, 0.25) is 6.43 Å². The maximum atomic E-state index is 13.0. The third kappa shape index (κ3) is 9.71. The molecule has 1 saturated heterocycles. The number of nitrogens with zero attached hydrogens (tertiary/aromatic N) is 3. The molecule has 0 spiro atoms. The molecule has 0 atom stereocenters. The fraction of sp³-hybridized carbons (Fsp3) is 0.586. The zero-order chi connectivity index (χ0) is 27.4. The molecule has 0 bridgehead atoms. The Morgan fingerprint density at radius 2 is 1.68 bits per heavy atom. The van der Waals surface area contributed by atoms with Crippen molar-refractivity contribution in [3.8, 4) is 0 Å². The highest BCUT2D eigenvalue weighted by Crippen LogP contribution is 2.32. The summed E-state index contributed by atoms with van der Waals surface area (Å²) in [5.41, 5.74) is 5.17. The predicted octanol–water partition coefficient (Wildman–Crippen LogP) is 7.48. The first-order chi connectivity index (χ1) is 17.8. The minimum absolute atomic E-state index is 0.393. The summed E-state index contributed by atoms with van der Waals surface area (Å²) >= 11 is 3.56. The summed E-state index contributed by atoms with van der Waals surface area (Å²) in [6.45, 7) is 8.24. The van der Waals surface area contributed by atoms with Gasteiger partial charge in [-0.05, 0) is 86.9 Å². The third-order valence-corrected chi connectivity index (χ3v) is 8.00. The second kappa shape index (κ2) is 16.1. The van der Waals surface area contributed by atoms with E-state index in [4.69, 9.17) is 4.99 Å². The summed E-state index contributed by atoms with van der Waals surface area (Å²) in [5.74, 6) is -0.393. The number of hydrogen-bond donors (Lipinski definition) is 1. The molecule has 1 heterocycles. The quantitative estimate of drug-likeness (QED) is 0.323. The normalized spacial score (nSPS) is 23.1. The molecule has 1 aromatic carbocycles. The van der Waals surface area contributed by atoms with Crippen LogP contribution in [0.25, 0.3) is 0 Å². The van der Waals surface area contributed by atoms with Gasteiger partial charge in [0.1, 0.15) is 0 Å². The summed E-state index contributed by atoms with van der Waals surface area (Å²) in [6, 6.07) is 9.18. The minimum atomic E-state index is -2.16. The van der Waals surface area contributed by atoms with Crippen LogP contribution in [0.5, 0.6) is 0 Å². The van der Waals surface area contributed by atoms with Gasteiger partial charge in [0.25, 0.3) is 0 Å². The molecule has 4 nitrogen and oxygen atoms in total. The average Bonchev–Trinajstić information content (AvgIpc) is 2.90. The van der Waals surface area contributed by atoms with E-state index in [1.807, 2.05) is 19.1 Å². The first-order valence-electron chi connectivity index (χ1n) is 13.1. The predicted molar refractivity (Wildman–Crippen MR) is 154 cm³/mol. The van der Waals surface area contributed by atoms with Gasteiger partial charge in [0.05, 0.1) is 23.1 Å². The number of rotatable bonds is 8. The molecule has 206 valence electrons. The number of aryl methyl sites for hydroxylation is 1. The molecule has 1 aromatic rings. The zero-order valence-electron chi connectivity index (χ0n) is 22.8. The van der Waals surface area contributed by atoms with Crippen LogP contribution in [-0.4, -0.2) is 62.7 Å². The Kier molecular flexibility index (Phi) is 13.6. The van der Waals surface area contributed by atoms with E-state index in [0.717, 1.165) is 65.9 Å². The van der Waals surface area contributed by atoms with Crippen molar-refractivity contribution in [3.05, 3.63) is 57.3 Å². The number of piperidine rings is 1. The summed E-state index contributed by atoms with van der Waals surface area (Å²) in [4.78, 5) is 11.5. The van der Waals surface area contributed by atoms with Gasteiger partial charge in [-0.3, -0.25) is 14.4 Å². The number of halogens is 4. The lowest BCUT2D eigenvalue weighted by molar-refractivity contribution is 0.0283. The molecule has 3 rings (SSSR count). The van der Waals surface area contributed by atoms with E-state index in [2.05, 4.69) is 63.2 Å². The second-order valence-electron chi connectivity index (χ2n) is 9.82. The molecule has 0 aromatic heterocycles. The topological polar surface area (TPSA) is 40.0 Å². The first kappa shape index (κ1) is 31.3. The lowest BCUT2D eigenvalue weighted by Crippen LogP contribution is -2.47. The van der Waals surface area contributed by atoms with Crippen molar-refractivity contribution >= 4 is 27.9 Å². The third-order valence-electron chi connectivity index (χ3n) is 7.23. The Hall–Kier alpha value is -1.93. The number of hydrogen-bond acceptors (Lipinski definition) is 4. The molecule has 0 amide bonds. The van der Waals surface area contributed by atoms with E-state index in [1.54, 1.807) is 13.3 Å². The van der Waals surface area contributed by atoms with E-state index >= 15 is 0 Å². The van der Waals surface area contributed by atoms with E-state index in [9.17, 15) is 13.2 Å². The minimum Gasteiger partial charge on any atom is -0.386 e. The van der Waals surface area contributed by atoms with Crippen molar-refractivity contribution in [2.24, 2.45) is 15.9 Å². The monoisotopic (exact) mass is 582 g/mol. The van der Waals surface area contributed by atoms with Gasteiger partial charge in [-0.1, -0.05) is 24.3 Å². The number of nitrogens with one attached hydrogen (secondary N) is 1. The molecular weight excluding hydrogens is 541 g/mol. The Labute approximate surface area is 229 Å². The fourth-order valence-electron chi connectivity index (χ4n) is 5.17. The van der Waals surface area contributed by atoms with E-state index < -0.39 is 12.3 Å². The molecule has 8 heteroatoms. The van der Waals surface area contributed by atoms with Gasteiger partial charge in [-0.25, -0.2) is 8.78 Å². The molecule has 1 saturated carbocycles. The SMILES string of the molecule is CF.CN=C/C(Br)=C(C)/N=C(\C=C(/C)NC1CCN(C2CCC(C(F)F)CC2)CC1)c1ccccc1C. The van der Waals surface area contributed by atoms with Gasteiger partial charge >= 0.3 is 0 Å². The van der Waals surface area contributed by atoms with Gasteiger partial charge in [0.15, 0.2) is 0 Å². The molecule has 1 N–H and O–H groups in total. The molecular formula is C29H42BrF3N4. The molecule has 2 fully saturated rings. The highest BCUT2D eigenvalue weighted by molar-refractivity contribution is 9.12. The Morgan fingerprint density at radius 1 is 1.05 bits per heavy atom. The molecule has 1 aliphatic carbocycles. The first-order valence-corrected chi connectivity index (χ1v) is 13.9. The number of aliphatic imine (C=N–C) groups is 2. The van der Waals surface area contributed by atoms with Crippen LogP contribution in [0.15, 0.2) is 56.2 Å². The molecule has 2 aliphatic rings. The van der Waals surface area contributed by atoms with Crippen molar-refractivity contribution in [1.82, 2.24) is 10.2 Å². The maximum Gasteiger partial charge on any atom is 0.241 e. The number of benzene rings is 1.